The largest absolute Gasteiger partial charge is 0.354 e. The number of amides is 3. The highest BCUT2D eigenvalue weighted by molar-refractivity contribution is 7.99. The van der Waals surface area contributed by atoms with E-state index < -0.39 is 0 Å². The van der Waals surface area contributed by atoms with Crippen LogP contribution >= 0.6 is 11.8 Å². The molecule has 1 saturated heterocycles. The van der Waals surface area contributed by atoms with Crippen LogP contribution in [0.4, 0.5) is 0 Å². The van der Waals surface area contributed by atoms with E-state index in [1.54, 1.807) is 11.8 Å². The Bertz CT molecular complexity index is 673. The Hall–Kier alpha value is -2.08. The van der Waals surface area contributed by atoms with E-state index in [0.29, 0.717) is 19.4 Å². The van der Waals surface area contributed by atoms with Crippen LogP contribution in [0.1, 0.15) is 18.4 Å². The number of rotatable bonds is 6. The molecule has 2 atom stereocenters. The van der Waals surface area contributed by atoms with Crippen molar-refractivity contribution >= 4 is 29.5 Å². The molecule has 1 aliphatic carbocycles. The second-order valence-electron chi connectivity index (χ2n) is 6.43. The number of hydrogen-bond donors (Lipinski definition) is 1. The minimum Gasteiger partial charge on any atom is -0.354 e. The molecule has 1 N–H and O–H groups in total. The predicted octanol–water partition coefficient (Wildman–Crippen LogP) is 2.15. The van der Waals surface area contributed by atoms with Crippen LogP contribution in [0, 0.1) is 18.8 Å². The first-order valence-electron chi connectivity index (χ1n) is 8.52. The maximum atomic E-state index is 12.3. The van der Waals surface area contributed by atoms with Crippen molar-refractivity contribution < 1.29 is 14.4 Å². The van der Waals surface area contributed by atoms with Gasteiger partial charge in [0.25, 0.3) is 0 Å². The Morgan fingerprint density at radius 3 is 2.32 bits per heavy atom. The third-order valence-corrected chi connectivity index (χ3v) is 5.63. The van der Waals surface area contributed by atoms with Crippen LogP contribution in [-0.2, 0) is 14.4 Å². The summed E-state index contributed by atoms with van der Waals surface area (Å²) >= 11 is 1.66. The van der Waals surface area contributed by atoms with Crippen LogP contribution in [0.2, 0.25) is 0 Å². The molecule has 132 valence electrons. The lowest BCUT2D eigenvalue weighted by Crippen LogP contribution is -2.41. The number of fused-ring (bicyclic) bond motifs is 1. The highest BCUT2D eigenvalue weighted by Crippen LogP contribution is 2.34. The topological polar surface area (TPSA) is 66.5 Å². The fourth-order valence-electron chi connectivity index (χ4n) is 3.22. The Kier molecular flexibility index (Phi) is 5.58. The molecule has 6 heteroatoms. The van der Waals surface area contributed by atoms with Crippen molar-refractivity contribution in [1.82, 2.24) is 10.2 Å². The Morgan fingerprint density at radius 1 is 1.12 bits per heavy atom. The zero-order valence-electron chi connectivity index (χ0n) is 14.2. The number of benzene rings is 1. The first-order chi connectivity index (χ1) is 12.1. The number of carbonyl (C=O) groups excluding carboxylic acids is 3. The van der Waals surface area contributed by atoms with Crippen molar-refractivity contribution in [2.24, 2.45) is 11.8 Å². The maximum Gasteiger partial charge on any atom is 0.240 e. The van der Waals surface area contributed by atoms with Gasteiger partial charge in [-0.1, -0.05) is 29.8 Å². The number of nitrogens with one attached hydrogen (secondary N) is 1. The molecule has 0 radical (unpaired) electrons. The van der Waals surface area contributed by atoms with Gasteiger partial charge in [0, 0.05) is 17.2 Å². The van der Waals surface area contributed by atoms with E-state index in [1.165, 1.54) is 5.56 Å². The van der Waals surface area contributed by atoms with Crippen molar-refractivity contribution in [2.75, 3.05) is 18.8 Å². The van der Waals surface area contributed by atoms with Crippen LogP contribution in [0.25, 0.3) is 0 Å². The van der Waals surface area contributed by atoms with Gasteiger partial charge in [0.05, 0.1) is 11.8 Å². The van der Waals surface area contributed by atoms with Gasteiger partial charge in [-0.15, -0.1) is 11.8 Å². The van der Waals surface area contributed by atoms with Gasteiger partial charge in [-0.25, -0.2) is 0 Å². The molecule has 3 amide bonds. The number of imide groups is 1. The molecule has 0 spiro atoms. The van der Waals surface area contributed by atoms with E-state index in [0.717, 1.165) is 15.5 Å². The smallest absolute Gasteiger partial charge is 0.240 e. The minimum absolute atomic E-state index is 0.167. The van der Waals surface area contributed by atoms with Gasteiger partial charge in [0.2, 0.25) is 17.7 Å². The molecule has 3 rings (SSSR count). The molecule has 0 unspecified atom stereocenters. The van der Waals surface area contributed by atoms with Gasteiger partial charge >= 0.3 is 0 Å². The van der Waals surface area contributed by atoms with Crippen LogP contribution in [0.5, 0.6) is 0 Å². The van der Waals surface area contributed by atoms with E-state index in [4.69, 9.17) is 0 Å². The number of likely N-dealkylation sites (tertiary alicyclic amines) is 1. The van der Waals surface area contributed by atoms with Crippen molar-refractivity contribution in [2.45, 2.75) is 24.7 Å². The number of thioether (sulfide) groups is 1. The van der Waals surface area contributed by atoms with Crippen molar-refractivity contribution in [3.8, 4) is 0 Å². The fraction of sp³-hybridized carbons (Fsp3) is 0.421. The standard InChI is InChI=1S/C19H22N2O3S/c1-13-6-8-14(9-7-13)25-11-10-20-17(22)12-21-18(23)15-4-2-3-5-16(15)19(21)24/h2-3,6-9,15-16H,4-5,10-12H2,1H3,(H,20,22)/t15-,16-/m0/s1. The van der Waals surface area contributed by atoms with E-state index >= 15 is 0 Å². The second-order valence-corrected chi connectivity index (χ2v) is 7.60. The first kappa shape index (κ1) is 17.7. The summed E-state index contributed by atoms with van der Waals surface area (Å²) in [7, 11) is 0. The van der Waals surface area contributed by atoms with E-state index in [-0.39, 0.29) is 36.1 Å². The van der Waals surface area contributed by atoms with Crippen LogP contribution < -0.4 is 5.32 Å². The summed E-state index contributed by atoms with van der Waals surface area (Å²) < 4.78 is 0. The zero-order valence-corrected chi connectivity index (χ0v) is 15.1. The van der Waals surface area contributed by atoms with Crippen molar-refractivity contribution in [3.05, 3.63) is 42.0 Å². The molecule has 0 aromatic heterocycles. The summed E-state index contributed by atoms with van der Waals surface area (Å²) in [4.78, 5) is 39.0. The quantitative estimate of drug-likeness (QED) is 0.366. The Labute approximate surface area is 151 Å². The summed E-state index contributed by atoms with van der Waals surface area (Å²) in [6, 6.07) is 8.22. The first-order valence-corrected chi connectivity index (χ1v) is 9.51. The third kappa shape index (κ3) is 4.12. The molecular weight excluding hydrogens is 336 g/mol. The molecule has 1 fully saturated rings. The Morgan fingerprint density at radius 2 is 1.72 bits per heavy atom. The molecular formula is C19H22N2O3S. The average Bonchev–Trinajstić information content (AvgIpc) is 2.86. The molecule has 1 aromatic carbocycles. The monoisotopic (exact) mass is 358 g/mol. The Balaban J connectivity index is 1.42. The second kappa shape index (κ2) is 7.87. The SMILES string of the molecule is Cc1ccc(SCCNC(=O)CN2C(=O)[C@H]3CC=CC[C@@H]3C2=O)cc1. The number of allylic oxidation sites excluding steroid dienone is 2. The van der Waals surface area contributed by atoms with E-state index in [9.17, 15) is 14.4 Å². The van der Waals surface area contributed by atoms with Gasteiger partial charge in [-0.3, -0.25) is 19.3 Å². The molecule has 0 saturated carbocycles. The summed E-state index contributed by atoms with van der Waals surface area (Å²) in [5, 5.41) is 2.79. The molecule has 1 aromatic rings. The molecule has 25 heavy (non-hydrogen) atoms. The summed E-state index contributed by atoms with van der Waals surface area (Å²) in [5.41, 5.74) is 1.22. The van der Waals surface area contributed by atoms with Gasteiger partial charge < -0.3 is 5.32 Å². The molecule has 0 bridgehead atoms. The van der Waals surface area contributed by atoms with Crippen LogP contribution in [0.15, 0.2) is 41.3 Å². The van der Waals surface area contributed by atoms with Gasteiger partial charge in [0.15, 0.2) is 0 Å². The number of aryl methyl sites for hydroxylation is 1. The summed E-state index contributed by atoms with van der Waals surface area (Å²) in [6.45, 7) is 2.38. The highest BCUT2D eigenvalue weighted by Gasteiger charge is 2.47. The van der Waals surface area contributed by atoms with E-state index in [2.05, 4.69) is 29.6 Å². The number of carbonyl (C=O) groups is 3. The minimum atomic E-state index is -0.280. The predicted molar refractivity (Wildman–Crippen MR) is 97.0 cm³/mol. The molecule has 1 aliphatic heterocycles. The normalized spacial score (nSPS) is 22.2. The fourth-order valence-corrected chi connectivity index (χ4v) is 3.99. The lowest BCUT2D eigenvalue weighted by molar-refractivity contribution is -0.143. The molecule has 1 heterocycles. The highest BCUT2D eigenvalue weighted by atomic mass is 32.2. The number of nitrogens with zero attached hydrogens (tertiary/aromatic N) is 1. The molecule has 2 aliphatic rings. The number of hydrogen-bond acceptors (Lipinski definition) is 4. The van der Waals surface area contributed by atoms with Gasteiger partial charge in [-0.05, 0) is 31.9 Å². The van der Waals surface area contributed by atoms with Crippen LogP contribution in [-0.4, -0.2) is 41.5 Å². The maximum absolute atomic E-state index is 12.3. The lowest BCUT2D eigenvalue weighted by Gasteiger charge is -2.14. The summed E-state index contributed by atoms with van der Waals surface area (Å²) in [5.74, 6) is -0.499. The zero-order chi connectivity index (χ0) is 17.8. The van der Waals surface area contributed by atoms with Gasteiger partial charge in [0.1, 0.15) is 6.54 Å². The third-order valence-electron chi connectivity index (χ3n) is 4.61. The molecule has 5 nitrogen and oxygen atoms in total. The lowest BCUT2D eigenvalue weighted by atomic mass is 9.85. The van der Waals surface area contributed by atoms with Gasteiger partial charge in [-0.2, -0.15) is 0 Å². The average molecular weight is 358 g/mol. The van der Waals surface area contributed by atoms with Crippen molar-refractivity contribution in [3.63, 3.8) is 0 Å². The van der Waals surface area contributed by atoms with E-state index in [1.807, 2.05) is 19.1 Å². The summed E-state index contributed by atoms with van der Waals surface area (Å²) in [6.07, 6.45) is 5.08. The van der Waals surface area contributed by atoms with Crippen LogP contribution in [0.3, 0.4) is 0 Å². The van der Waals surface area contributed by atoms with Crippen molar-refractivity contribution in [1.29, 1.82) is 0 Å².